The van der Waals surface area contributed by atoms with E-state index in [2.05, 4.69) is 31.5 Å². The van der Waals surface area contributed by atoms with Crippen molar-refractivity contribution in [2.45, 2.75) is 24.9 Å². The van der Waals surface area contributed by atoms with E-state index in [1.54, 1.807) is 17.9 Å². The zero-order valence-corrected chi connectivity index (χ0v) is 12.8. The van der Waals surface area contributed by atoms with Gasteiger partial charge in [-0.2, -0.15) is 15.3 Å². The summed E-state index contributed by atoms with van der Waals surface area (Å²) >= 11 is 0. The highest BCUT2D eigenvalue weighted by Gasteiger charge is 2.38. The van der Waals surface area contributed by atoms with Crippen molar-refractivity contribution in [2.75, 3.05) is 12.3 Å². The summed E-state index contributed by atoms with van der Waals surface area (Å²) in [4.78, 5) is 16.5. The minimum absolute atomic E-state index is 0.270. The van der Waals surface area contributed by atoms with Crippen molar-refractivity contribution in [1.29, 1.82) is 0 Å². The number of pyridine rings is 1. The monoisotopic (exact) mass is 311 g/mol. The number of rotatable bonds is 6. The van der Waals surface area contributed by atoms with Crippen LogP contribution in [0.15, 0.2) is 22.6 Å². The molecule has 2 aromatic heterocycles. The third kappa shape index (κ3) is 2.85. The number of hydrogen-bond acceptors (Lipinski definition) is 6. The Hall–Kier alpha value is -2.95. The van der Waals surface area contributed by atoms with E-state index in [4.69, 9.17) is 12.2 Å². The van der Waals surface area contributed by atoms with Gasteiger partial charge in [-0.3, -0.25) is 9.48 Å². The molecule has 118 valence electrons. The van der Waals surface area contributed by atoms with Gasteiger partial charge in [0.15, 0.2) is 11.3 Å². The smallest absolute Gasteiger partial charge is 0.254 e. The molecule has 0 unspecified atom stereocenters. The number of aromatic nitrogens is 3. The molecule has 0 fully saturated rings. The highest BCUT2D eigenvalue weighted by Crippen LogP contribution is 2.36. The summed E-state index contributed by atoms with van der Waals surface area (Å²) in [6, 6.07) is 0. The Morgan fingerprint density at radius 1 is 1.43 bits per heavy atom. The van der Waals surface area contributed by atoms with E-state index in [0.29, 0.717) is 48.1 Å². The maximum absolute atomic E-state index is 12.3. The predicted molar refractivity (Wildman–Crippen MR) is 85.5 cm³/mol. The number of terminal acetylenes is 1. The molecule has 0 aromatic carbocycles. The maximum atomic E-state index is 12.3. The summed E-state index contributed by atoms with van der Waals surface area (Å²) in [7, 11) is 1.77. The highest BCUT2D eigenvalue weighted by molar-refractivity contribution is 6.05. The van der Waals surface area contributed by atoms with Crippen molar-refractivity contribution in [3.63, 3.8) is 0 Å². The largest absolute Gasteiger partial charge is 0.397 e. The number of fused-ring (bicyclic) bond motifs is 1. The van der Waals surface area contributed by atoms with Crippen molar-refractivity contribution in [2.24, 2.45) is 17.3 Å². The summed E-state index contributed by atoms with van der Waals surface area (Å²) in [5.74, 6) is 2.31. The van der Waals surface area contributed by atoms with Crippen LogP contribution in [0.25, 0.3) is 11.0 Å². The number of carbonyl (C=O) groups excluding carboxylic acids is 1. The fraction of sp³-hybridized carbons (Fsp3) is 0.400. The number of nitrogen functional groups attached to an aromatic ring is 1. The number of nitrogens with zero attached hydrogens (tertiary/aromatic N) is 5. The van der Waals surface area contributed by atoms with Crippen LogP contribution in [-0.4, -0.2) is 32.9 Å². The minimum Gasteiger partial charge on any atom is -0.397 e. The summed E-state index contributed by atoms with van der Waals surface area (Å²) in [6.07, 6.45) is 10.3. The van der Waals surface area contributed by atoms with E-state index in [1.807, 2.05) is 0 Å². The first-order chi connectivity index (χ1) is 11.1. The van der Waals surface area contributed by atoms with Gasteiger partial charge in [0, 0.05) is 39.1 Å². The predicted octanol–water partition coefficient (Wildman–Crippen LogP) is 1.25. The standard InChI is InChI=1S/C15H17N7O/c1-3-4-5-15(20-21-15)6-7-17-14(23)11-8-18-13-10(12(11)16)9-19-22(13)2/h1,8-9H,4-7H2,2H3,(H2,16,18)(H,17,23). The van der Waals surface area contributed by atoms with Gasteiger partial charge >= 0.3 is 0 Å². The Morgan fingerprint density at radius 2 is 2.22 bits per heavy atom. The first kappa shape index (κ1) is 15.0. The first-order valence-corrected chi connectivity index (χ1v) is 7.28. The van der Waals surface area contributed by atoms with Gasteiger partial charge in [0.25, 0.3) is 5.91 Å². The molecule has 3 N–H and O–H groups in total. The first-order valence-electron chi connectivity index (χ1n) is 7.28. The van der Waals surface area contributed by atoms with E-state index in [-0.39, 0.29) is 5.91 Å². The molecule has 0 saturated carbocycles. The molecule has 0 atom stereocenters. The second-order valence-corrected chi connectivity index (χ2v) is 5.48. The number of nitrogens with two attached hydrogens (primary N) is 1. The number of amides is 1. The summed E-state index contributed by atoms with van der Waals surface area (Å²) in [6.45, 7) is 0.445. The fourth-order valence-corrected chi connectivity index (χ4v) is 2.43. The van der Waals surface area contributed by atoms with Crippen LogP contribution < -0.4 is 11.1 Å². The van der Waals surface area contributed by atoms with E-state index in [0.717, 1.165) is 0 Å². The normalized spacial score (nSPS) is 14.6. The van der Waals surface area contributed by atoms with Crippen LogP contribution >= 0.6 is 0 Å². The van der Waals surface area contributed by atoms with E-state index in [9.17, 15) is 4.79 Å². The Labute approximate surface area is 133 Å². The summed E-state index contributed by atoms with van der Waals surface area (Å²) in [5, 5.41) is 15.6. The van der Waals surface area contributed by atoms with Gasteiger partial charge < -0.3 is 11.1 Å². The van der Waals surface area contributed by atoms with Crippen LogP contribution in [0.1, 0.15) is 29.6 Å². The molecule has 0 aliphatic carbocycles. The number of carbonyl (C=O) groups is 1. The van der Waals surface area contributed by atoms with Crippen molar-refractivity contribution in [3.8, 4) is 12.3 Å². The van der Waals surface area contributed by atoms with Gasteiger partial charge in [-0.15, -0.1) is 12.3 Å². The summed E-state index contributed by atoms with van der Waals surface area (Å²) in [5.41, 5.74) is 7.01. The molecule has 8 nitrogen and oxygen atoms in total. The van der Waals surface area contributed by atoms with Crippen LogP contribution in [0, 0.1) is 12.3 Å². The highest BCUT2D eigenvalue weighted by atomic mass is 16.1. The van der Waals surface area contributed by atoms with Gasteiger partial charge in [-0.05, 0) is 0 Å². The molecule has 1 amide bonds. The lowest BCUT2D eigenvalue weighted by molar-refractivity contribution is 0.0952. The van der Waals surface area contributed by atoms with Crippen molar-refractivity contribution in [1.82, 2.24) is 20.1 Å². The van der Waals surface area contributed by atoms with E-state index in [1.165, 1.54) is 6.20 Å². The quantitative estimate of drug-likeness (QED) is 0.782. The average Bonchev–Trinajstić information content (AvgIpc) is 3.21. The molecule has 1 aliphatic heterocycles. The molecule has 1 aliphatic rings. The lowest BCUT2D eigenvalue weighted by atomic mass is 10.0. The van der Waals surface area contributed by atoms with Crippen molar-refractivity contribution < 1.29 is 4.79 Å². The number of nitrogens with one attached hydrogen (secondary N) is 1. The van der Waals surface area contributed by atoms with E-state index < -0.39 is 5.66 Å². The molecule has 3 heterocycles. The second kappa shape index (κ2) is 5.68. The zero-order valence-electron chi connectivity index (χ0n) is 12.8. The molecular formula is C15H17N7O. The third-order valence-corrected chi connectivity index (χ3v) is 3.91. The van der Waals surface area contributed by atoms with Crippen LogP contribution in [0.4, 0.5) is 5.69 Å². The van der Waals surface area contributed by atoms with Crippen molar-refractivity contribution >= 4 is 22.6 Å². The average molecular weight is 311 g/mol. The lowest BCUT2D eigenvalue weighted by Gasteiger charge is -2.11. The van der Waals surface area contributed by atoms with Crippen molar-refractivity contribution in [3.05, 3.63) is 18.0 Å². The van der Waals surface area contributed by atoms with Crippen LogP contribution in [0.2, 0.25) is 0 Å². The molecule has 0 bridgehead atoms. The maximum Gasteiger partial charge on any atom is 0.254 e. The number of aryl methyl sites for hydroxylation is 1. The van der Waals surface area contributed by atoms with Gasteiger partial charge in [0.05, 0.1) is 22.8 Å². The van der Waals surface area contributed by atoms with Gasteiger partial charge in [-0.25, -0.2) is 4.98 Å². The van der Waals surface area contributed by atoms with Gasteiger partial charge in [0.2, 0.25) is 0 Å². The fourth-order valence-electron chi connectivity index (χ4n) is 2.43. The molecule has 0 saturated heterocycles. The molecule has 3 rings (SSSR count). The van der Waals surface area contributed by atoms with Crippen LogP contribution in [0.3, 0.4) is 0 Å². The zero-order chi connectivity index (χ0) is 16.4. The molecular weight excluding hydrogens is 294 g/mol. The van der Waals surface area contributed by atoms with Crippen LogP contribution in [0.5, 0.6) is 0 Å². The second-order valence-electron chi connectivity index (χ2n) is 5.48. The Bertz CT molecular complexity index is 824. The van der Waals surface area contributed by atoms with Gasteiger partial charge in [0.1, 0.15) is 0 Å². The van der Waals surface area contributed by atoms with Crippen LogP contribution in [-0.2, 0) is 7.05 Å². The molecule has 0 spiro atoms. The Balaban J connectivity index is 1.63. The Kier molecular flexibility index (Phi) is 3.70. The number of hydrogen-bond donors (Lipinski definition) is 2. The summed E-state index contributed by atoms with van der Waals surface area (Å²) < 4.78 is 1.61. The van der Waals surface area contributed by atoms with E-state index >= 15 is 0 Å². The SMILES string of the molecule is C#CCCC1(CCNC(=O)c2cnc3c(cnn3C)c2N)N=N1. The molecule has 23 heavy (non-hydrogen) atoms. The Morgan fingerprint density at radius 3 is 2.91 bits per heavy atom. The molecule has 2 aromatic rings. The molecule has 0 radical (unpaired) electrons. The lowest BCUT2D eigenvalue weighted by Crippen LogP contribution is -2.29. The number of anilines is 1. The van der Waals surface area contributed by atoms with Gasteiger partial charge in [-0.1, -0.05) is 0 Å². The topological polar surface area (TPSA) is 111 Å². The third-order valence-electron chi connectivity index (χ3n) is 3.91. The minimum atomic E-state index is -0.406. The molecule has 8 heteroatoms.